The molecule has 0 saturated heterocycles. The Kier molecular flexibility index (Phi) is 10.7. The van der Waals surface area contributed by atoms with Crippen LogP contribution in [0.4, 0.5) is 0 Å². The molecule has 0 spiro atoms. The number of nitrogens with two attached hydrogens (primary N) is 1. The summed E-state index contributed by atoms with van der Waals surface area (Å²) in [6.07, 6.45) is 3.90. The average Bonchev–Trinajstić information content (AvgIpc) is 3.40. The summed E-state index contributed by atoms with van der Waals surface area (Å²) in [6.45, 7) is 0.679. The Labute approximate surface area is 202 Å². The Morgan fingerprint density at radius 1 is 1.18 bits per heavy atom. The van der Waals surface area contributed by atoms with Crippen molar-refractivity contribution in [1.29, 1.82) is 0 Å². The van der Waals surface area contributed by atoms with Crippen molar-refractivity contribution in [3.63, 3.8) is 0 Å². The Morgan fingerprint density at radius 3 is 2.67 bits per heavy atom. The van der Waals surface area contributed by atoms with Crippen LogP contribution in [0.25, 0.3) is 0 Å². The van der Waals surface area contributed by atoms with Crippen molar-refractivity contribution in [2.45, 2.75) is 51.3 Å². The Hall–Kier alpha value is -2.58. The predicted octanol–water partition coefficient (Wildman–Crippen LogP) is 0.347. The minimum atomic E-state index is -1.32. The number of nitrogens with zero attached hydrogens (tertiary/aromatic N) is 7. The van der Waals surface area contributed by atoms with E-state index in [0.29, 0.717) is 42.3 Å². The lowest BCUT2D eigenvalue weighted by Gasteiger charge is -2.11. The highest BCUT2D eigenvalue weighted by Crippen LogP contribution is 2.15. The number of carbonyl (C=O) groups excluding carboxylic acids is 1. The van der Waals surface area contributed by atoms with Crippen LogP contribution in [0.2, 0.25) is 11.3 Å². The van der Waals surface area contributed by atoms with Gasteiger partial charge in [0.2, 0.25) is 5.91 Å². The van der Waals surface area contributed by atoms with E-state index in [2.05, 4.69) is 31.2 Å². The van der Waals surface area contributed by atoms with Crippen LogP contribution in [0.5, 0.6) is 0 Å². The molecule has 2 heterocycles. The highest BCUT2D eigenvalue weighted by molar-refractivity contribution is 6.40. The van der Waals surface area contributed by atoms with E-state index in [9.17, 15) is 4.79 Å². The summed E-state index contributed by atoms with van der Waals surface area (Å²) in [6, 6.07) is 6.99. The van der Waals surface area contributed by atoms with Crippen molar-refractivity contribution in [2.24, 2.45) is 5.73 Å². The van der Waals surface area contributed by atoms with Gasteiger partial charge >= 0.3 is 7.12 Å². The molecule has 33 heavy (non-hydrogen) atoms. The fraction of sp³-hybridized carbons (Fsp3) is 0.444. The molecule has 1 unspecified atom stereocenters. The van der Waals surface area contributed by atoms with Crippen LogP contribution in [0.15, 0.2) is 30.5 Å². The van der Waals surface area contributed by atoms with Crippen LogP contribution in [-0.4, -0.2) is 58.3 Å². The second kappa shape index (κ2) is 13.2. The summed E-state index contributed by atoms with van der Waals surface area (Å²) >= 11 is 5.89. The van der Waals surface area contributed by atoms with Gasteiger partial charge in [-0.05, 0) is 40.9 Å². The van der Waals surface area contributed by atoms with Gasteiger partial charge in [-0.15, -0.1) is 22.6 Å². The van der Waals surface area contributed by atoms with Gasteiger partial charge < -0.3 is 21.1 Å². The number of carbonyl (C=O) groups is 1. The molecule has 15 heteroatoms. The van der Waals surface area contributed by atoms with E-state index in [1.165, 1.54) is 4.68 Å². The number of tetrazole rings is 1. The zero-order chi connectivity index (χ0) is 22.9. The summed E-state index contributed by atoms with van der Waals surface area (Å²) in [5, 5.41) is 40.7. The number of hydrogen-bond acceptors (Lipinski definition) is 9. The molecule has 1 aromatic carbocycles. The number of benzene rings is 1. The molecule has 3 rings (SSSR count). The van der Waals surface area contributed by atoms with E-state index in [4.69, 9.17) is 27.4 Å². The molecule has 1 amide bonds. The van der Waals surface area contributed by atoms with Gasteiger partial charge in [-0.2, -0.15) is 0 Å². The Morgan fingerprint density at radius 2 is 1.94 bits per heavy atom. The highest BCUT2D eigenvalue weighted by atomic mass is 35.5. The van der Waals surface area contributed by atoms with Gasteiger partial charge in [0.1, 0.15) is 12.2 Å². The smallest absolute Gasteiger partial charge is 0.427 e. The number of aromatic nitrogens is 7. The lowest BCUT2D eigenvalue weighted by molar-refractivity contribution is -0.122. The van der Waals surface area contributed by atoms with Crippen LogP contribution in [0.3, 0.4) is 0 Å². The van der Waals surface area contributed by atoms with Gasteiger partial charge in [0.25, 0.3) is 0 Å². The third kappa shape index (κ3) is 8.70. The molecule has 0 bridgehead atoms. The average molecular weight is 498 g/mol. The van der Waals surface area contributed by atoms with Crippen molar-refractivity contribution in [2.75, 3.05) is 0 Å². The lowest BCUT2D eigenvalue weighted by Crippen LogP contribution is -2.29. The summed E-state index contributed by atoms with van der Waals surface area (Å²) < 4.78 is 3.04. The summed E-state index contributed by atoms with van der Waals surface area (Å²) in [7, 11) is -1.32. The van der Waals surface area contributed by atoms with Gasteiger partial charge in [0.15, 0.2) is 5.82 Å². The van der Waals surface area contributed by atoms with Gasteiger partial charge in [-0.1, -0.05) is 41.8 Å². The molecule has 0 saturated carbocycles. The van der Waals surface area contributed by atoms with E-state index in [1.54, 1.807) is 10.9 Å². The molecule has 2 aromatic heterocycles. The van der Waals surface area contributed by atoms with E-state index in [-0.39, 0.29) is 37.7 Å². The molecule has 0 fully saturated rings. The van der Waals surface area contributed by atoms with Crippen molar-refractivity contribution in [3.8, 4) is 0 Å². The van der Waals surface area contributed by atoms with Gasteiger partial charge in [-0.25, -0.2) is 9.36 Å². The molecule has 3 aromatic rings. The number of nitrogens with one attached hydrogen (secondary N) is 1. The minimum absolute atomic E-state index is 0. The van der Waals surface area contributed by atoms with Crippen molar-refractivity contribution in [3.05, 3.63) is 52.6 Å². The lowest BCUT2D eigenvalue weighted by atomic mass is 9.83. The summed E-state index contributed by atoms with van der Waals surface area (Å²) in [4.78, 5) is 12.3. The van der Waals surface area contributed by atoms with Crippen LogP contribution >= 0.6 is 24.0 Å². The highest BCUT2D eigenvalue weighted by Gasteiger charge is 2.17. The van der Waals surface area contributed by atoms with Crippen molar-refractivity contribution in [1.82, 2.24) is 40.5 Å². The zero-order valence-electron chi connectivity index (χ0n) is 17.8. The topological polar surface area (TPSA) is 170 Å². The van der Waals surface area contributed by atoms with Crippen molar-refractivity contribution < 1.29 is 14.8 Å². The molecule has 178 valence electrons. The number of rotatable bonds is 12. The van der Waals surface area contributed by atoms with E-state index in [1.807, 2.05) is 24.3 Å². The first-order chi connectivity index (χ1) is 15.4. The summed E-state index contributed by atoms with van der Waals surface area (Å²) in [5.74, 6) is 0.111. The first-order valence-electron chi connectivity index (χ1n) is 10.2. The van der Waals surface area contributed by atoms with E-state index in [0.717, 1.165) is 5.56 Å². The normalized spacial score (nSPS) is 11.6. The fourth-order valence-corrected chi connectivity index (χ4v) is 3.19. The fourth-order valence-electron chi connectivity index (χ4n) is 3.06. The molecule has 1 atom stereocenters. The molecule has 5 N–H and O–H groups in total. The van der Waals surface area contributed by atoms with Crippen LogP contribution in [-0.2, 0) is 24.4 Å². The van der Waals surface area contributed by atoms with Crippen LogP contribution in [0, 0.1) is 0 Å². The zero-order valence-corrected chi connectivity index (χ0v) is 19.4. The number of amides is 1. The maximum atomic E-state index is 12.3. The minimum Gasteiger partial charge on any atom is -0.427 e. The second-order valence-corrected chi connectivity index (χ2v) is 7.81. The number of unbranched alkanes of at least 4 members (excludes halogenated alkanes) is 1. The van der Waals surface area contributed by atoms with E-state index < -0.39 is 13.2 Å². The van der Waals surface area contributed by atoms with Crippen LogP contribution in [0.1, 0.15) is 42.4 Å². The third-order valence-corrected chi connectivity index (χ3v) is 4.97. The second-order valence-electron chi connectivity index (χ2n) is 7.38. The maximum absolute atomic E-state index is 12.3. The molecule has 0 aliphatic heterocycles. The largest absolute Gasteiger partial charge is 0.451 e. The van der Waals surface area contributed by atoms with Gasteiger partial charge in [0, 0.05) is 5.02 Å². The third-order valence-electron chi connectivity index (χ3n) is 4.72. The Bertz CT molecular complexity index is 1000. The van der Waals surface area contributed by atoms with Gasteiger partial charge in [-0.3, -0.25) is 4.79 Å². The number of halogens is 2. The SMILES string of the molecule is Cl.NC(CCCCB(O)O)c1nnnn1CC(=O)NCc1cn(Cc2ccc(Cl)cc2)nn1. The first-order valence-corrected chi connectivity index (χ1v) is 10.6. The molecule has 12 nitrogen and oxygen atoms in total. The standard InChI is InChI=1S/C18H25BClN9O3.ClH/c20-14-6-4-13(5-7-14)10-28-11-15(23-26-28)9-22-17(30)12-29-18(24-25-27-29)16(21)3-1-2-8-19(31)32;/h4-7,11,16,31-32H,1-3,8-10,12,21H2,(H,22,30);1H. The first kappa shape index (κ1) is 26.7. The van der Waals surface area contributed by atoms with E-state index >= 15 is 0 Å². The maximum Gasteiger partial charge on any atom is 0.451 e. The monoisotopic (exact) mass is 497 g/mol. The summed E-state index contributed by atoms with van der Waals surface area (Å²) in [5.41, 5.74) is 7.77. The Balaban J connectivity index is 0.00000385. The predicted molar refractivity (Wildman–Crippen MR) is 123 cm³/mol. The van der Waals surface area contributed by atoms with Crippen LogP contribution < -0.4 is 11.1 Å². The number of hydrogen-bond donors (Lipinski definition) is 4. The molecular weight excluding hydrogens is 472 g/mol. The molecular formula is C18H26BCl2N9O3. The quantitative estimate of drug-likeness (QED) is 0.203. The molecule has 0 aliphatic carbocycles. The van der Waals surface area contributed by atoms with Crippen molar-refractivity contribution >= 4 is 37.0 Å². The molecule has 0 radical (unpaired) electrons. The molecule has 0 aliphatic rings. The van der Waals surface area contributed by atoms with Gasteiger partial charge in [0.05, 0.1) is 25.3 Å².